The summed E-state index contributed by atoms with van der Waals surface area (Å²) in [6.07, 6.45) is 0. The van der Waals surface area contributed by atoms with E-state index in [1.807, 2.05) is 24.3 Å². The Labute approximate surface area is 119 Å². The maximum Gasteiger partial charge on any atom is 0.0446 e. The lowest BCUT2D eigenvalue weighted by Crippen LogP contribution is -1.90. The molecule has 2 aromatic carbocycles. The molecule has 0 aliphatic rings. The minimum absolute atomic E-state index is 0.442. The Balaban J connectivity index is 2.49. The fraction of sp³-hybridized carbons (Fsp3) is 0.250. The van der Waals surface area contributed by atoms with Crippen molar-refractivity contribution in [3.05, 3.63) is 57.6 Å². The van der Waals surface area contributed by atoms with E-state index in [9.17, 15) is 0 Å². The van der Waals surface area contributed by atoms with Crippen molar-refractivity contribution in [2.45, 2.75) is 26.7 Å². The van der Waals surface area contributed by atoms with Crippen molar-refractivity contribution < 1.29 is 0 Å². The Morgan fingerprint density at radius 1 is 0.944 bits per heavy atom. The summed E-state index contributed by atoms with van der Waals surface area (Å²) in [5, 5.41) is 1.60. The van der Waals surface area contributed by atoms with Crippen LogP contribution in [0.25, 0.3) is 11.1 Å². The molecule has 0 nitrogen and oxygen atoms in total. The highest BCUT2D eigenvalue weighted by Gasteiger charge is 2.08. The van der Waals surface area contributed by atoms with Crippen LogP contribution in [0.4, 0.5) is 0 Å². The van der Waals surface area contributed by atoms with Crippen LogP contribution in [0.3, 0.4) is 0 Å². The van der Waals surface area contributed by atoms with E-state index in [1.54, 1.807) is 0 Å². The smallest absolute Gasteiger partial charge is 0.0446 e. The largest absolute Gasteiger partial charge is 0.0843 e. The van der Waals surface area contributed by atoms with Gasteiger partial charge in [-0.25, -0.2) is 0 Å². The lowest BCUT2D eigenvalue weighted by atomic mass is 9.96. The van der Waals surface area contributed by atoms with E-state index in [1.165, 1.54) is 11.1 Å². The van der Waals surface area contributed by atoms with E-state index in [-0.39, 0.29) is 0 Å². The monoisotopic (exact) mass is 278 g/mol. The molecule has 0 spiro atoms. The number of benzene rings is 2. The Morgan fingerprint density at radius 2 is 1.67 bits per heavy atom. The standard InChI is InChI=1S/C16H16Cl2/c1-10(2)14-6-4-12(9-16(14)18)15-7-5-13(17)8-11(15)3/h4-10H,1-3H3. The van der Waals surface area contributed by atoms with Crippen LogP contribution in [-0.2, 0) is 0 Å². The van der Waals surface area contributed by atoms with Crippen molar-refractivity contribution in [2.75, 3.05) is 0 Å². The lowest BCUT2D eigenvalue weighted by molar-refractivity contribution is 0.867. The molecule has 18 heavy (non-hydrogen) atoms. The zero-order valence-corrected chi connectivity index (χ0v) is 12.3. The molecule has 0 unspecified atom stereocenters. The first-order valence-electron chi connectivity index (χ1n) is 6.05. The molecule has 2 heteroatoms. The van der Waals surface area contributed by atoms with Crippen LogP contribution in [0.5, 0.6) is 0 Å². The van der Waals surface area contributed by atoms with Gasteiger partial charge < -0.3 is 0 Å². The molecule has 0 N–H and O–H groups in total. The van der Waals surface area contributed by atoms with Crippen molar-refractivity contribution in [1.29, 1.82) is 0 Å². The summed E-state index contributed by atoms with van der Waals surface area (Å²) < 4.78 is 0. The summed E-state index contributed by atoms with van der Waals surface area (Å²) in [5.41, 5.74) is 4.66. The van der Waals surface area contributed by atoms with E-state index in [4.69, 9.17) is 23.2 Å². The maximum absolute atomic E-state index is 6.33. The van der Waals surface area contributed by atoms with E-state index in [2.05, 4.69) is 32.9 Å². The van der Waals surface area contributed by atoms with Crippen LogP contribution in [-0.4, -0.2) is 0 Å². The van der Waals surface area contributed by atoms with Gasteiger partial charge in [0.1, 0.15) is 0 Å². The van der Waals surface area contributed by atoms with Crippen molar-refractivity contribution in [1.82, 2.24) is 0 Å². The predicted octanol–water partition coefficient (Wildman–Crippen LogP) is 6.09. The zero-order valence-electron chi connectivity index (χ0n) is 10.8. The van der Waals surface area contributed by atoms with Crippen LogP contribution in [0.2, 0.25) is 10.0 Å². The van der Waals surface area contributed by atoms with E-state index in [0.29, 0.717) is 5.92 Å². The molecule has 0 aromatic heterocycles. The number of hydrogen-bond donors (Lipinski definition) is 0. The minimum Gasteiger partial charge on any atom is -0.0843 e. The third kappa shape index (κ3) is 2.71. The predicted molar refractivity (Wildman–Crippen MR) is 80.7 cm³/mol. The van der Waals surface area contributed by atoms with Gasteiger partial charge >= 0.3 is 0 Å². The molecule has 0 atom stereocenters. The molecule has 0 heterocycles. The van der Waals surface area contributed by atoms with Crippen LogP contribution >= 0.6 is 23.2 Å². The molecular formula is C16H16Cl2. The molecule has 2 aromatic rings. The van der Waals surface area contributed by atoms with Gasteiger partial charge in [0.05, 0.1) is 0 Å². The molecule has 0 saturated heterocycles. The molecule has 2 rings (SSSR count). The maximum atomic E-state index is 6.33. The van der Waals surface area contributed by atoms with Crippen LogP contribution < -0.4 is 0 Å². The summed E-state index contributed by atoms with van der Waals surface area (Å²) in [7, 11) is 0. The first-order chi connectivity index (χ1) is 8.49. The highest BCUT2D eigenvalue weighted by atomic mass is 35.5. The SMILES string of the molecule is Cc1cc(Cl)ccc1-c1ccc(C(C)C)c(Cl)c1. The topological polar surface area (TPSA) is 0 Å². The van der Waals surface area contributed by atoms with Gasteiger partial charge in [-0.3, -0.25) is 0 Å². The molecule has 0 aliphatic carbocycles. The molecule has 0 fully saturated rings. The first-order valence-corrected chi connectivity index (χ1v) is 6.80. The molecule has 0 saturated carbocycles. The molecule has 0 bridgehead atoms. The highest BCUT2D eigenvalue weighted by molar-refractivity contribution is 6.32. The Morgan fingerprint density at radius 3 is 2.22 bits per heavy atom. The van der Waals surface area contributed by atoms with Gasteiger partial charge in [-0.05, 0) is 53.3 Å². The van der Waals surface area contributed by atoms with Crippen molar-refractivity contribution in [3.8, 4) is 11.1 Å². The van der Waals surface area contributed by atoms with Crippen LogP contribution in [0, 0.1) is 6.92 Å². The fourth-order valence-corrected chi connectivity index (χ4v) is 2.74. The molecule has 0 radical (unpaired) electrons. The van der Waals surface area contributed by atoms with Crippen molar-refractivity contribution in [2.24, 2.45) is 0 Å². The van der Waals surface area contributed by atoms with Crippen molar-refractivity contribution >= 4 is 23.2 Å². The Hall–Kier alpha value is -0.980. The van der Waals surface area contributed by atoms with Crippen LogP contribution in [0.15, 0.2) is 36.4 Å². The van der Waals surface area contributed by atoms with Crippen LogP contribution in [0.1, 0.15) is 30.9 Å². The van der Waals surface area contributed by atoms with Gasteiger partial charge in [-0.15, -0.1) is 0 Å². The van der Waals surface area contributed by atoms with E-state index in [0.717, 1.165) is 21.2 Å². The summed E-state index contributed by atoms with van der Waals surface area (Å²) >= 11 is 12.3. The Kier molecular flexibility index (Phi) is 3.99. The van der Waals surface area contributed by atoms with Gasteiger partial charge in [0, 0.05) is 10.0 Å². The molecule has 94 valence electrons. The quantitative estimate of drug-likeness (QED) is 0.623. The first kappa shape index (κ1) is 13.5. The Bertz CT molecular complexity index is 571. The summed E-state index contributed by atoms with van der Waals surface area (Å²) in [4.78, 5) is 0. The van der Waals surface area contributed by atoms with Gasteiger partial charge in [-0.1, -0.05) is 55.2 Å². The summed E-state index contributed by atoms with van der Waals surface area (Å²) in [5.74, 6) is 0.442. The summed E-state index contributed by atoms with van der Waals surface area (Å²) in [6, 6.07) is 12.2. The van der Waals surface area contributed by atoms with E-state index < -0.39 is 0 Å². The minimum atomic E-state index is 0.442. The van der Waals surface area contributed by atoms with Gasteiger partial charge in [0.2, 0.25) is 0 Å². The number of aryl methyl sites for hydroxylation is 1. The highest BCUT2D eigenvalue weighted by Crippen LogP contribution is 2.32. The summed E-state index contributed by atoms with van der Waals surface area (Å²) in [6.45, 7) is 6.36. The van der Waals surface area contributed by atoms with Gasteiger partial charge in [0.15, 0.2) is 0 Å². The van der Waals surface area contributed by atoms with Gasteiger partial charge in [-0.2, -0.15) is 0 Å². The lowest BCUT2D eigenvalue weighted by Gasteiger charge is -2.12. The van der Waals surface area contributed by atoms with E-state index >= 15 is 0 Å². The normalized spacial score (nSPS) is 11.0. The average molecular weight is 279 g/mol. The second kappa shape index (κ2) is 5.34. The fourth-order valence-electron chi connectivity index (χ4n) is 2.11. The van der Waals surface area contributed by atoms with Gasteiger partial charge in [0.25, 0.3) is 0 Å². The second-order valence-corrected chi connectivity index (χ2v) is 5.69. The average Bonchev–Trinajstić information content (AvgIpc) is 2.28. The van der Waals surface area contributed by atoms with Crippen molar-refractivity contribution in [3.63, 3.8) is 0 Å². The number of rotatable bonds is 2. The zero-order chi connectivity index (χ0) is 13.3. The molecule has 0 amide bonds. The third-order valence-corrected chi connectivity index (χ3v) is 3.68. The third-order valence-electron chi connectivity index (χ3n) is 3.12. The molecular weight excluding hydrogens is 263 g/mol. The number of hydrogen-bond acceptors (Lipinski definition) is 0. The number of halogens is 2. The second-order valence-electron chi connectivity index (χ2n) is 4.85. The molecule has 0 aliphatic heterocycles.